The van der Waals surface area contributed by atoms with Gasteiger partial charge in [-0.05, 0) is 50.2 Å². The Bertz CT molecular complexity index is 735. The van der Waals surface area contributed by atoms with Crippen molar-refractivity contribution in [2.45, 2.75) is 63.3 Å². The van der Waals surface area contributed by atoms with E-state index in [1.807, 2.05) is 19.9 Å². The van der Waals surface area contributed by atoms with Gasteiger partial charge >= 0.3 is 0 Å². The number of aliphatic imine (C=N–C) groups is 1. The molecule has 1 aliphatic rings. The molecule has 0 radical (unpaired) electrons. The highest BCUT2D eigenvalue weighted by atomic mass is 127. The third kappa shape index (κ3) is 8.34. The van der Waals surface area contributed by atoms with Gasteiger partial charge < -0.3 is 15.4 Å². The highest BCUT2D eigenvalue weighted by Gasteiger charge is 2.33. The minimum atomic E-state index is -3.35. The molecule has 0 saturated heterocycles. The summed E-state index contributed by atoms with van der Waals surface area (Å²) in [6.07, 6.45) is 6.57. The Morgan fingerprint density at radius 3 is 2.43 bits per heavy atom. The molecule has 1 fully saturated rings. The average molecular weight is 552 g/mol. The number of nitrogens with zero attached hydrogens (tertiary/aromatic N) is 1. The summed E-state index contributed by atoms with van der Waals surface area (Å²) in [6.45, 7) is 6.26. The maximum atomic E-state index is 12.8. The van der Waals surface area contributed by atoms with Crippen LogP contribution < -0.4 is 10.6 Å². The van der Waals surface area contributed by atoms with Gasteiger partial charge in [0.1, 0.15) is 0 Å². The fourth-order valence-corrected chi connectivity index (χ4v) is 5.55. The predicted molar refractivity (Wildman–Crippen MR) is 134 cm³/mol. The monoisotopic (exact) mass is 551 g/mol. The number of sulfone groups is 1. The molecule has 0 bridgehead atoms. The quantitative estimate of drug-likeness (QED) is 0.247. The second-order valence-corrected chi connectivity index (χ2v) is 10.0. The van der Waals surface area contributed by atoms with Crippen LogP contribution in [0.25, 0.3) is 0 Å². The standard InChI is InChI=1S/C22H37N3O3S.HI/c1-4-19(17-29(26,27)20-11-7-6-8-12-20)25-21(23-5-2)24-18-22(15-16-28-3)13-9-10-14-22;/h6-8,11-12,19H,4-5,9-10,13-18H2,1-3H3,(H2,23,24,25);1H. The van der Waals surface area contributed by atoms with Crippen LogP contribution in [0.1, 0.15) is 52.4 Å². The summed E-state index contributed by atoms with van der Waals surface area (Å²) in [6, 6.07) is 8.45. The van der Waals surface area contributed by atoms with Gasteiger partial charge in [-0.3, -0.25) is 4.99 Å². The van der Waals surface area contributed by atoms with Crippen molar-refractivity contribution in [2.75, 3.05) is 32.6 Å². The van der Waals surface area contributed by atoms with Gasteiger partial charge in [-0.1, -0.05) is 38.0 Å². The first kappa shape index (κ1) is 27.2. The molecule has 1 saturated carbocycles. The van der Waals surface area contributed by atoms with Crippen LogP contribution in [0.3, 0.4) is 0 Å². The second kappa shape index (κ2) is 13.5. The summed E-state index contributed by atoms with van der Waals surface area (Å²) >= 11 is 0. The number of benzene rings is 1. The van der Waals surface area contributed by atoms with Crippen molar-refractivity contribution in [3.8, 4) is 0 Å². The summed E-state index contributed by atoms with van der Waals surface area (Å²) in [5.41, 5.74) is 0.205. The molecule has 1 unspecified atom stereocenters. The molecule has 0 heterocycles. The first-order valence-electron chi connectivity index (χ1n) is 10.8. The van der Waals surface area contributed by atoms with Crippen LogP contribution in [0.5, 0.6) is 0 Å². The number of nitrogens with one attached hydrogen (secondary N) is 2. The van der Waals surface area contributed by atoms with E-state index in [0.29, 0.717) is 17.3 Å². The molecule has 0 aliphatic heterocycles. The Kier molecular flexibility index (Phi) is 12.2. The number of halogens is 1. The lowest BCUT2D eigenvalue weighted by atomic mass is 9.83. The molecule has 2 N–H and O–H groups in total. The molecule has 172 valence electrons. The molecule has 1 atom stereocenters. The third-order valence-corrected chi connectivity index (χ3v) is 7.61. The number of hydrogen-bond donors (Lipinski definition) is 2. The van der Waals surface area contributed by atoms with Gasteiger partial charge in [-0.15, -0.1) is 24.0 Å². The fourth-order valence-electron chi connectivity index (χ4n) is 3.94. The Labute approximate surface area is 199 Å². The first-order valence-corrected chi connectivity index (χ1v) is 12.4. The van der Waals surface area contributed by atoms with Crippen molar-refractivity contribution in [1.29, 1.82) is 0 Å². The Morgan fingerprint density at radius 1 is 1.20 bits per heavy atom. The number of hydrogen-bond acceptors (Lipinski definition) is 4. The van der Waals surface area contributed by atoms with Gasteiger partial charge in [0.25, 0.3) is 0 Å². The van der Waals surface area contributed by atoms with Gasteiger partial charge in [-0.25, -0.2) is 8.42 Å². The van der Waals surface area contributed by atoms with Gasteiger partial charge in [0.2, 0.25) is 0 Å². The molecule has 6 nitrogen and oxygen atoms in total. The zero-order valence-corrected chi connectivity index (χ0v) is 21.7. The molecule has 1 aliphatic carbocycles. The average Bonchev–Trinajstić information content (AvgIpc) is 3.20. The Morgan fingerprint density at radius 2 is 1.87 bits per heavy atom. The molecule has 0 amide bonds. The van der Waals surface area contributed by atoms with Crippen LogP contribution in [0, 0.1) is 5.41 Å². The molecule has 30 heavy (non-hydrogen) atoms. The van der Waals surface area contributed by atoms with Crippen molar-refractivity contribution in [2.24, 2.45) is 10.4 Å². The zero-order valence-electron chi connectivity index (χ0n) is 18.5. The van der Waals surface area contributed by atoms with E-state index in [4.69, 9.17) is 9.73 Å². The Hall–Kier alpha value is -0.870. The molecule has 1 aromatic rings. The SMILES string of the molecule is CCNC(=NCC1(CCOC)CCCC1)NC(CC)CS(=O)(=O)c1ccccc1.I. The van der Waals surface area contributed by atoms with Crippen molar-refractivity contribution in [3.63, 3.8) is 0 Å². The molecule has 0 aromatic heterocycles. The van der Waals surface area contributed by atoms with Crippen molar-refractivity contribution >= 4 is 39.8 Å². The minimum absolute atomic E-state index is 0. The van der Waals surface area contributed by atoms with Crippen LogP contribution in [0.2, 0.25) is 0 Å². The maximum absolute atomic E-state index is 12.8. The van der Waals surface area contributed by atoms with E-state index in [0.717, 1.165) is 26.1 Å². The highest BCUT2D eigenvalue weighted by molar-refractivity contribution is 14.0. The van der Waals surface area contributed by atoms with E-state index in [9.17, 15) is 8.42 Å². The zero-order chi connectivity index (χ0) is 21.2. The van der Waals surface area contributed by atoms with E-state index in [-0.39, 0.29) is 41.2 Å². The maximum Gasteiger partial charge on any atom is 0.191 e. The summed E-state index contributed by atoms with van der Waals surface area (Å²) < 4.78 is 30.8. The van der Waals surface area contributed by atoms with Gasteiger partial charge in [0.15, 0.2) is 15.8 Å². The summed E-state index contributed by atoms with van der Waals surface area (Å²) in [5.74, 6) is 0.749. The normalized spacial score (nSPS) is 17.2. The molecule has 2 rings (SSSR count). The van der Waals surface area contributed by atoms with Crippen LogP contribution in [-0.4, -0.2) is 53.0 Å². The minimum Gasteiger partial charge on any atom is -0.385 e. The first-order chi connectivity index (χ1) is 13.9. The highest BCUT2D eigenvalue weighted by Crippen LogP contribution is 2.41. The topological polar surface area (TPSA) is 79.8 Å². The van der Waals surface area contributed by atoms with Crippen LogP contribution >= 0.6 is 24.0 Å². The molecule has 1 aromatic carbocycles. The molecular formula is C22H38IN3O3S. The summed E-state index contributed by atoms with van der Waals surface area (Å²) in [7, 11) is -1.60. The lowest BCUT2D eigenvalue weighted by molar-refractivity contribution is 0.141. The van der Waals surface area contributed by atoms with Crippen molar-refractivity contribution in [3.05, 3.63) is 30.3 Å². The smallest absolute Gasteiger partial charge is 0.191 e. The fraction of sp³-hybridized carbons (Fsp3) is 0.682. The summed E-state index contributed by atoms with van der Waals surface area (Å²) in [4.78, 5) is 5.22. The van der Waals surface area contributed by atoms with E-state index in [2.05, 4.69) is 10.6 Å². The van der Waals surface area contributed by atoms with Crippen molar-refractivity contribution < 1.29 is 13.2 Å². The number of guanidine groups is 1. The van der Waals surface area contributed by atoms with Crippen LogP contribution in [0.15, 0.2) is 40.2 Å². The molecular weight excluding hydrogens is 513 g/mol. The number of rotatable bonds is 11. The lowest BCUT2D eigenvalue weighted by Crippen LogP contribution is -2.46. The predicted octanol–water partition coefficient (Wildman–Crippen LogP) is 4.01. The van der Waals surface area contributed by atoms with E-state index in [1.165, 1.54) is 25.7 Å². The van der Waals surface area contributed by atoms with E-state index >= 15 is 0 Å². The van der Waals surface area contributed by atoms with Crippen LogP contribution in [0.4, 0.5) is 0 Å². The molecule has 8 heteroatoms. The largest absolute Gasteiger partial charge is 0.385 e. The lowest BCUT2D eigenvalue weighted by Gasteiger charge is -2.28. The van der Waals surface area contributed by atoms with E-state index < -0.39 is 9.84 Å². The number of ether oxygens (including phenoxy) is 1. The van der Waals surface area contributed by atoms with E-state index in [1.54, 1.807) is 31.4 Å². The van der Waals surface area contributed by atoms with Gasteiger partial charge in [0.05, 0.1) is 10.6 Å². The second-order valence-electron chi connectivity index (χ2n) is 7.99. The molecule has 0 spiro atoms. The summed E-state index contributed by atoms with van der Waals surface area (Å²) in [5, 5.41) is 6.64. The third-order valence-electron chi connectivity index (χ3n) is 5.77. The van der Waals surface area contributed by atoms with Gasteiger partial charge in [0, 0.05) is 32.8 Å². The van der Waals surface area contributed by atoms with Gasteiger partial charge in [-0.2, -0.15) is 0 Å². The number of methoxy groups -OCH3 is 1. The van der Waals surface area contributed by atoms with Crippen molar-refractivity contribution in [1.82, 2.24) is 10.6 Å². The Balaban J connectivity index is 0.00000450. The van der Waals surface area contributed by atoms with Crippen LogP contribution in [-0.2, 0) is 14.6 Å².